The van der Waals surface area contributed by atoms with E-state index in [1.54, 1.807) is 26.2 Å². The van der Waals surface area contributed by atoms with E-state index < -0.39 is 16.1 Å². The molecule has 0 aromatic carbocycles. The van der Waals surface area contributed by atoms with Crippen molar-refractivity contribution in [3.8, 4) is 0 Å². The van der Waals surface area contributed by atoms with Crippen molar-refractivity contribution < 1.29 is 8.42 Å². The molecule has 17 heavy (non-hydrogen) atoms. The highest BCUT2D eigenvalue weighted by Crippen LogP contribution is 2.12. The van der Waals surface area contributed by atoms with Crippen LogP contribution in [0.25, 0.3) is 0 Å². The maximum absolute atomic E-state index is 11.9. The van der Waals surface area contributed by atoms with E-state index in [9.17, 15) is 8.42 Å². The van der Waals surface area contributed by atoms with Crippen LogP contribution in [0.4, 0.5) is 0 Å². The molecule has 8 heteroatoms. The zero-order valence-corrected chi connectivity index (χ0v) is 10.2. The predicted molar refractivity (Wildman–Crippen MR) is 60.6 cm³/mol. The summed E-state index contributed by atoms with van der Waals surface area (Å²) in [6.45, 7) is 3.40. The quantitative estimate of drug-likeness (QED) is 0.739. The number of hydrogen-bond acceptors (Lipinski definition) is 4. The van der Waals surface area contributed by atoms with Gasteiger partial charge in [0, 0.05) is 12.4 Å². The molecule has 0 amide bonds. The Labute approximate surface area is 98.8 Å². The van der Waals surface area contributed by atoms with Gasteiger partial charge in [0.1, 0.15) is 11.6 Å². The fourth-order valence-corrected chi connectivity index (χ4v) is 2.58. The molecular formula is C9H13N5O2S. The third-order valence-corrected chi connectivity index (χ3v) is 3.68. The lowest BCUT2D eigenvalue weighted by Crippen LogP contribution is -2.27. The monoisotopic (exact) mass is 255 g/mol. The highest BCUT2D eigenvalue weighted by molar-refractivity contribution is 7.89. The normalized spacial score (nSPS) is 13.8. The fraction of sp³-hybridized carbons (Fsp3) is 0.333. The molecule has 0 aliphatic heterocycles. The van der Waals surface area contributed by atoms with E-state index in [-0.39, 0.29) is 5.03 Å². The molecule has 2 heterocycles. The van der Waals surface area contributed by atoms with Crippen molar-refractivity contribution in [3.63, 3.8) is 0 Å². The first kappa shape index (κ1) is 11.8. The summed E-state index contributed by atoms with van der Waals surface area (Å²) >= 11 is 0. The first-order chi connectivity index (χ1) is 7.99. The molecule has 1 unspecified atom stereocenters. The highest BCUT2D eigenvalue weighted by Gasteiger charge is 2.21. The Bertz CT molecular complexity index is 587. The smallest absolute Gasteiger partial charge is 0.258 e. The molecular weight excluding hydrogens is 242 g/mol. The predicted octanol–water partition coefficient (Wildman–Crippen LogP) is 0.481. The van der Waals surface area contributed by atoms with Crippen LogP contribution in [-0.2, 0) is 10.0 Å². The molecule has 2 aromatic heterocycles. The third kappa shape index (κ3) is 2.53. The molecule has 0 aliphatic rings. The number of H-pyrrole nitrogens is 2. The van der Waals surface area contributed by atoms with Gasteiger partial charge in [-0.2, -0.15) is 4.72 Å². The van der Waals surface area contributed by atoms with Crippen LogP contribution in [-0.4, -0.2) is 28.4 Å². The molecule has 2 aromatic rings. The minimum Gasteiger partial charge on any atom is -0.347 e. The Morgan fingerprint density at radius 1 is 1.41 bits per heavy atom. The maximum atomic E-state index is 11.9. The minimum absolute atomic E-state index is 0.0495. The SMILES string of the molecule is Cc1ncc(S(=O)(=O)NC(C)c2ncc[nH]2)[nH]1. The average Bonchev–Trinajstić information content (AvgIpc) is 2.86. The van der Waals surface area contributed by atoms with Gasteiger partial charge < -0.3 is 9.97 Å². The third-order valence-electron chi connectivity index (χ3n) is 2.23. The van der Waals surface area contributed by atoms with Crippen molar-refractivity contribution in [3.05, 3.63) is 30.2 Å². The first-order valence-electron chi connectivity index (χ1n) is 5.02. The summed E-state index contributed by atoms with van der Waals surface area (Å²) in [5.41, 5.74) is 0. The number of imidazole rings is 2. The molecule has 3 N–H and O–H groups in total. The summed E-state index contributed by atoms with van der Waals surface area (Å²) in [6, 6.07) is -0.432. The van der Waals surface area contributed by atoms with Gasteiger partial charge >= 0.3 is 0 Å². The van der Waals surface area contributed by atoms with Crippen LogP contribution in [0.3, 0.4) is 0 Å². The van der Waals surface area contributed by atoms with Gasteiger partial charge in [-0.05, 0) is 13.8 Å². The van der Waals surface area contributed by atoms with Crippen molar-refractivity contribution in [1.82, 2.24) is 24.7 Å². The number of nitrogens with zero attached hydrogens (tertiary/aromatic N) is 2. The zero-order chi connectivity index (χ0) is 12.5. The Balaban J connectivity index is 2.18. The van der Waals surface area contributed by atoms with Gasteiger partial charge in [0.05, 0.1) is 12.2 Å². The Kier molecular flexibility index (Phi) is 2.99. The van der Waals surface area contributed by atoms with Crippen LogP contribution < -0.4 is 4.72 Å². The Morgan fingerprint density at radius 3 is 2.71 bits per heavy atom. The molecule has 92 valence electrons. The molecule has 0 spiro atoms. The highest BCUT2D eigenvalue weighted by atomic mass is 32.2. The largest absolute Gasteiger partial charge is 0.347 e. The lowest BCUT2D eigenvalue weighted by atomic mass is 10.3. The zero-order valence-electron chi connectivity index (χ0n) is 9.43. The Morgan fingerprint density at radius 2 is 2.18 bits per heavy atom. The standard InChI is InChI=1S/C9H13N5O2S/c1-6(9-10-3-4-11-9)14-17(15,16)8-5-12-7(2)13-8/h3-6,14H,1-2H3,(H,10,11)(H,12,13). The lowest BCUT2D eigenvalue weighted by molar-refractivity contribution is 0.558. The molecule has 0 aliphatic carbocycles. The molecule has 7 nitrogen and oxygen atoms in total. The van der Waals surface area contributed by atoms with Crippen molar-refractivity contribution in [2.45, 2.75) is 24.9 Å². The second-order valence-corrected chi connectivity index (χ2v) is 5.33. The topological polar surface area (TPSA) is 104 Å². The summed E-state index contributed by atoms with van der Waals surface area (Å²) < 4.78 is 26.3. The number of rotatable bonds is 4. The van der Waals surface area contributed by atoms with Gasteiger partial charge in [0.2, 0.25) is 0 Å². The van der Waals surface area contributed by atoms with Gasteiger partial charge in [-0.1, -0.05) is 0 Å². The van der Waals surface area contributed by atoms with E-state index in [4.69, 9.17) is 0 Å². The summed E-state index contributed by atoms with van der Waals surface area (Å²) in [5.74, 6) is 1.11. The molecule has 0 radical (unpaired) electrons. The first-order valence-corrected chi connectivity index (χ1v) is 6.50. The van der Waals surface area contributed by atoms with Gasteiger partial charge in [-0.3, -0.25) is 0 Å². The van der Waals surface area contributed by atoms with Crippen molar-refractivity contribution in [2.24, 2.45) is 0 Å². The number of aromatic nitrogens is 4. The number of hydrogen-bond donors (Lipinski definition) is 3. The van der Waals surface area contributed by atoms with Crippen molar-refractivity contribution in [1.29, 1.82) is 0 Å². The van der Waals surface area contributed by atoms with Crippen molar-refractivity contribution in [2.75, 3.05) is 0 Å². The number of nitrogens with one attached hydrogen (secondary N) is 3. The summed E-state index contributed by atoms with van der Waals surface area (Å²) in [4.78, 5) is 13.4. The number of aryl methyl sites for hydroxylation is 1. The van der Waals surface area contributed by atoms with E-state index >= 15 is 0 Å². The van der Waals surface area contributed by atoms with Crippen LogP contribution in [0.15, 0.2) is 23.6 Å². The van der Waals surface area contributed by atoms with Gasteiger partial charge in [-0.25, -0.2) is 18.4 Å². The molecule has 0 fully saturated rings. The maximum Gasteiger partial charge on any atom is 0.258 e. The lowest BCUT2D eigenvalue weighted by Gasteiger charge is -2.10. The molecule has 0 bridgehead atoms. The van der Waals surface area contributed by atoms with E-state index in [1.165, 1.54) is 6.20 Å². The summed E-state index contributed by atoms with van der Waals surface area (Å²) in [5, 5.41) is 0.0495. The summed E-state index contributed by atoms with van der Waals surface area (Å²) in [6.07, 6.45) is 4.49. The van der Waals surface area contributed by atoms with Crippen LogP contribution in [0.5, 0.6) is 0 Å². The van der Waals surface area contributed by atoms with E-state index in [1.807, 2.05) is 0 Å². The molecule has 1 atom stereocenters. The molecule has 0 saturated carbocycles. The summed E-state index contributed by atoms with van der Waals surface area (Å²) in [7, 11) is -3.59. The van der Waals surface area contributed by atoms with E-state index in [0.717, 1.165) is 0 Å². The van der Waals surface area contributed by atoms with Gasteiger partial charge in [-0.15, -0.1) is 0 Å². The second kappa shape index (κ2) is 4.30. The minimum atomic E-state index is -3.59. The second-order valence-electron chi connectivity index (χ2n) is 3.65. The molecule has 2 rings (SSSR count). The molecule has 0 saturated heterocycles. The van der Waals surface area contributed by atoms with Crippen LogP contribution >= 0.6 is 0 Å². The van der Waals surface area contributed by atoms with Crippen LogP contribution in [0.2, 0.25) is 0 Å². The van der Waals surface area contributed by atoms with Crippen molar-refractivity contribution >= 4 is 10.0 Å². The fourth-order valence-electron chi connectivity index (χ4n) is 1.40. The Hall–Kier alpha value is -1.67. The average molecular weight is 255 g/mol. The number of aromatic amines is 2. The van der Waals surface area contributed by atoms with Crippen LogP contribution in [0, 0.1) is 6.92 Å². The van der Waals surface area contributed by atoms with E-state index in [2.05, 4.69) is 24.7 Å². The van der Waals surface area contributed by atoms with E-state index in [0.29, 0.717) is 11.6 Å². The van der Waals surface area contributed by atoms with Gasteiger partial charge in [0.25, 0.3) is 10.0 Å². The van der Waals surface area contributed by atoms with Gasteiger partial charge in [0.15, 0.2) is 5.03 Å². The van der Waals surface area contributed by atoms with Crippen LogP contribution in [0.1, 0.15) is 24.6 Å². The number of sulfonamides is 1.